The molecule has 0 radical (unpaired) electrons. The predicted molar refractivity (Wildman–Crippen MR) is 120 cm³/mol. The van der Waals surface area contributed by atoms with Gasteiger partial charge in [0.05, 0.1) is 5.02 Å². The highest BCUT2D eigenvalue weighted by Gasteiger charge is 2.45. The van der Waals surface area contributed by atoms with E-state index < -0.39 is 17.1 Å². The topological polar surface area (TPSA) is 94.1 Å². The second kappa shape index (κ2) is 7.16. The lowest BCUT2D eigenvalue weighted by Gasteiger charge is -2.32. The van der Waals surface area contributed by atoms with Gasteiger partial charge in [0.1, 0.15) is 31.8 Å². The van der Waals surface area contributed by atoms with Crippen LogP contribution in [0.1, 0.15) is 24.8 Å². The normalized spacial score (nSPS) is 22.4. The number of phenols is 2. The molecule has 152 valence electrons. The molecule has 2 aromatic carbocycles. The second-order valence-electron chi connectivity index (χ2n) is 7.44. The van der Waals surface area contributed by atoms with Gasteiger partial charge in [-0.1, -0.05) is 23.7 Å². The lowest BCUT2D eigenvalue weighted by molar-refractivity contribution is -0.0627. The van der Waals surface area contributed by atoms with Gasteiger partial charge in [-0.15, -0.1) is 0 Å². The molecule has 6 nitrogen and oxygen atoms in total. The van der Waals surface area contributed by atoms with Crippen molar-refractivity contribution in [2.45, 2.75) is 25.0 Å². The fraction of sp³-hybridized carbons (Fsp3) is 0.286. The van der Waals surface area contributed by atoms with Crippen LogP contribution in [-0.4, -0.2) is 39.5 Å². The molecule has 0 aliphatic carbocycles. The van der Waals surface area contributed by atoms with Crippen molar-refractivity contribution >= 4 is 45.2 Å². The number of aromatic hydroxyl groups is 2. The first-order valence-electron chi connectivity index (χ1n) is 9.04. The molecule has 0 saturated carbocycles. The number of nitrogens with zero attached hydrogens (tertiary/aromatic N) is 1. The van der Waals surface area contributed by atoms with E-state index in [4.69, 9.17) is 16.0 Å². The molecule has 0 bridgehead atoms. The molecule has 29 heavy (non-hydrogen) atoms. The predicted octanol–water partition coefficient (Wildman–Crippen LogP) is 4.26. The molecule has 1 fully saturated rings. The van der Waals surface area contributed by atoms with E-state index in [2.05, 4.69) is 0 Å². The zero-order valence-corrected chi connectivity index (χ0v) is 18.7. The molecule has 1 aliphatic heterocycles. The SMILES string of the molecule is CN1CCC(c2c(O)cc(O)c3c(=O)c(I)c(-c4ccccc4Cl)oc23)C1(C)O. The minimum Gasteiger partial charge on any atom is -0.507 e. The van der Waals surface area contributed by atoms with E-state index >= 15 is 0 Å². The first-order chi connectivity index (χ1) is 13.6. The van der Waals surface area contributed by atoms with E-state index in [1.807, 2.05) is 22.6 Å². The average Bonchev–Trinajstić information content (AvgIpc) is 2.92. The van der Waals surface area contributed by atoms with Crippen LogP contribution in [0, 0.1) is 3.57 Å². The summed E-state index contributed by atoms with van der Waals surface area (Å²) in [5, 5.41) is 32.4. The number of likely N-dealkylation sites (tertiary alicyclic amines) is 1. The third-order valence-corrected chi connectivity index (χ3v) is 7.07. The van der Waals surface area contributed by atoms with Crippen LogP contribution < -0.4 is 5.43 Å². The van der Waals surface area contributed by atoms with Crippen LogP contribution in [0.15, 0.2) is 39.5 Å². The minimum atomic E-state index is -1.26. The Morgan fingerprint density at radius 1 is 1.28 bits per heavy atom. The fourth-order valence-electron chi connectivity index (χ4n) is 3.99. The maximum absolute atomic E-state index is 13.1. The lowest BCUT2D eigenvalue weighted by Crippen LogP contribution is -2.41. The molecular formula is C21H19ClINO5. The Labute approximate surface area is 185 Å². The highest BCUT2D eigenvalue weighted by Crippen LogP contribution is 2.48. The van der Waals surface area contributed by atoms with Gasteiger partial charge >= 0.3 is 0 Å². The maximum atomic E-state index is 13.1. The third kappa shape index (κ3) is 3.11. The molecule has 1 aliphatic rings. The molecular weight excluding hydrogens is 509 g/mol. The number of phenolic OH excluding ortho intramolecular Hbond substituents is 2. The largest absolute Gasteiger partial charge is 0.507 e. The summed E-state index contributed by atoms with van der Waals surface area (Å²) in [6.07, 6.45) is 0.550. The van der Waals surface area contributed by atoms with Gasteiger partial charge < -0.3 is 19.7 Å². The van der Waals surface area contributed by atoms with Gasteiger partial charge in [0, 0.05) is 29.7 Å². The van der Waals surface area contributed by atoms with Crippen molar-refractivity contribution in [1.29, 1.82) is 0 Å². The monoisotopic (exact) mass is 527 g/mol. The van der Waals surface area contributed by atoms with Gasteiger partial charge in [-0.25, -0.2) is 0 Å². The number of rotatable bonds is 2. The summed E-state index contributed by atoms with van der Waals surface area (Å²) >= 11 is 8.19. The molecule has 3 aromatic rings. The molecule has 2 heterocycles. The van der Waals surface area contributed by atoms with E-state index in [1.165, 1.54) is 0 Å². The summed E-state index contributed by atoms with van der Waals surface area (Å²) in [6.45, 7) is 2.26. The Balaban J connectivity index is 2.11. The average molecular weight is 528 g/mol. The summed E-state index contributed by atoms with van der Waals surface area (Å²) in [5.74, 6) is -0.862. The van der Waals surface area contributed by atoms with E-state index in [1.54, 1.807) is 43.1 Å². The number of benzene rings is 2. The van der Waals surface area contributed by atoms with E-state index in [0.29, 0.717) is 29.1 Å². The molecule has 1 aromatic heterocycles. The van der Waals surface area contributed by atoms with Crippen LogP contribution in [0.3, 0.4) is 0 Å². The minimum absolute atomic E-state index is 0.0247. The molecule has 8 heteroatoms. The Bertz CT molecular complexity index is 1190. The van der Waals surface area contributed by atoms with Crippen molar-refractivity contribution in [1.82, 2.24) is 4.90 Å². The molecule has 0 amide bonds. The van der Waals surface area contributed by atoms with Crippen LogP contribution in [-0.2, 0) is 0 Å². The Hall–Kier alpha value is -1.81. The summed E-state index contributed by atoms with van der Waals surface area (Å²) in [6, 6.07) is 8.10. The third-order valence-electron chi connectivity index (χ3n) is 5.76. The van der Waals surface area contributed by atoms with E-state index in [9.17, 15) is 20.1 Å². The van der Waals surface area contributed by atoms with E-state index in [-0.39, 0.29) is 31.8 Å². The summed E-state index contributed by atoms with van der Waals surface area (Å²) in [7, 11) is 1.79. The van der Waals surface area contributed by atoms with Crippen LogP contribution in [0.5, 0.6) is 11.5 Å². The van der Waals surface area contributed by atoms with E-state index in [0.717, 1.165) is 6.07 Å². The van der Waals surface area contributed by atoms with Crippen molar-refractivity contribution in [3.05, 3.63) is 54.7 Å². The highest BCUT2D eigenvalue weighted by atomic mass is 127. The number of halogens is 2. The van der Waals surface area contributed by atoms with Crippen LogP contribution >= 0.6 is 34.2 Å². The van der Waals surface area contributed by atoms with Gasteiger partial charge in [-0.2, -0.15) is 0 Å². The van der Waals surface area contributed by atoms with Gasteiger partial charge in [0.25, 0.3) is 0 Å². The zero-order valence-electron chi connectivity index (χ0n) is 15.7. The fourth-order valence-corrected chi connectivity index (χ4v) is 4.89. The summed E-state index contributed by atoms with van der Waals surface area (Å²) in [5.41, 5.74) is -0.793. The maximum Gasteiger partial charge on any atom is 0.210 e. The smallest absolute Gasteiger partial charge is 0.210 e. The highest BCUT2D eigenvalue weighted by molar-refractivity contribution is 14.1. The van der Waals surface area contributed by atoms with Gasteiger partial charge in [0.2, 0.25) is 5.43 Å². The molecule has 0 spiro atoms. The molecule has 1 saturated heterocycles. The molecule has 2 atom stereocenters. The lowest BCUT2D eigenvalue weighted by atomic mass is 9.87. The first-order valence-corrected chi connectivity index (χ1v) is 10.5. The van der Waals surface area contributed by atoms with Crippen LogP contribution in [0.4, 0.5) is 0 Å². The first kappa shape index (κ1) is 20.5. The van der Waals surface area contributed by atoms with Gasteiger partial charge in [-0.05, 0) is 55.1 Å². The number of hydrogen-bond acceptors (Lipinski definition) is 6. The quantitative estimate of drug-likeness (QED) is 0.431. The molecule has 4 rings (SSSR count). The molecule has 3 N–H and O–H groups in total. The van der Waals surface area contributed by atoms with Crippen molar-refractivity contribution in [2.24, 2.45) is 0 Å². The summed E-state index contributed by atoms with van der Waals surface area (Å²) < 4.78 is 6.40. The van der Waals surface area contributed by atoms with Gasteiger partial charge in [-0.3, -0.25) is 9.69 Å². The molecule has 2 unspecified atom stereocenters. The Morgan fingerprint density at radius 3 is 2.59 bits per heavy atom. The van der Waals surface area contributed by atoms with Crippen LogP contribution in [0.2, 0.25) is 5.02 Å². The Kier molecular flexibility index (Phi) is 5.05. The standard InChI is InChI=1S/C21H19ClINO5/c1-21(28)11(7-8-24(21)2)15-13(25)9-14(26)16-18(27)17(23)19(29-20(15)16)10-5-3-4-6-12(10)22/h3-6,9,11,25-26,28H,7-8H2,1-2H3. The van der Waals surface area contributed by atoms with Crippen LogP contribution in [0.25, 0.3) is 22.3 Å². The number of hydrogen-bond donors (Lipinski definition) is 3. The van der Waals surface area contributed by atoms with Crippen molar-refractivity contribution < 1.29 is 19.7 Å². The second-order valence-corrected chi connectivity index (χ2v) is 8.93. The van der Waals surface area contributed by atoms with Crippen molar-refractivity contribution in [3.63, 3.8) is 0 Å². The number of fused-ring (bicyclic) bond motifs is 1. The Morgan fingerprint density at radius 2 is 1.97 bits per heavy atom. The number of likely N-dealkylation sites (N-methyl/N-ethyl adjacent to an activating group) is 1. The van der Waals surface area contributed by atoms with Gasteiger partial charge in [0.15, 0.2) is 5.76 Å². The summed E-state index contributed by atoms with van der Waals surface area (Å²) in [4.78, 5) is 14.9. The zero-order chi connectivity index (χ0) is 21.1. The van der Waals surface area contributed by atoms with Crippen molar-refractivity contribution in [2.75, 3.05) is 13.6 Å². The number of aliphatic hydroxyl groups is 1. The van der Waals surface area contributed by atoms with Crippen molar-refractivity contribution in [3.8, 4) is 22.8 Å².